The predicted molar refractivity (Wildman–Crippen MR) is 137 cm³/mol. The maximum Gasteiger partial charge on any atom is 0.336 e. The van der Waals surface area contributed by atoms with Crippen LogP contribution in [-0.2, 0) is 0 Å². The third-order valence-corrected chi connectivity index (χ3v) is 6.51. The van der Waals surface area contributed by atoms with Crippen molar-refractivity contribution in [3.63, 3.8) is 0 Å². The molecule has 2 aromatic heterocycles. The minimum Gasteiger partial charge on any atom is -0.478 e. The molecular weight excluding hydrogens is 480 g/mol. The first-order chi connectivity index (χ1) is 17.4. The quantitative estimate of drug-likeness (QED) is 0.259. The maximum atomic E-state index is 11.7. The number of hydrogen-bond donors (Lipinski definition) is 3. The van der Waals surface area contributed by atoms with Gasteiger partial charge in [0.05, 0.1) is 34.1 Å². The predicted octanol–water partition coefficient (Wildman–Crippen LogP) is 5.19. The Bertz CT molecular complexity index is 1620. The largest absolute Gasteiger partial charge is 0.478 e. The van der Waals surface area contributed by atoms with Crippen molar-refractivity contribution in [2.24, 2.45) is 0 Å². The molecule has 0 radical (unpaired) electrons. The summed E-state index contributed by atoms with van der Waals surface area (Å²) in [6, 6.07) is 15.9. The lowest BCUT2D eigenvalue weighted by Crippen LogP contribution is -2.08. The normalized spacial score (nSPS) is 11.0. The molecule has 2 heterocycles. The Morgan fingerprint density at radius 1 is 1.00 bits per heavy atom. The Labute approximate surface area is 209 Å². The molecule has 180 valence electrons. The summed E-state index contributed by atoms with van der Waals surface area (Å²) in [5, 5.41) is 21.6. The van der Waals surface area contributed by atoms with Gasteiger partial charge in [0.2, 0.25) is 5.88 Å². The van der Waals surface area contributed by atoms with E-state index in [1.165, 1.54) is 23.5 Å². The highest BCUT2D eigenvalue weighted by Crippen LogP contribution is 2.37. The molecule has 0 unspecified atom stereocenters. The van der Waals surface area contributed by atoms with Gasteiger partial charge in [-0.05, 0) is 60.5 Å². The van der Waals surface area contributed by atoms with Crippen LogP contribution >= 0.6 is 11.3 Å². The van der Waals surface area contributed by atoms with Gasteiger partial charge in [0.1, 0.15) is 11.3 Å². The van der Waals surface area contributed by atoms with Gasteiger partial charge in [-0.15, -0.1) is 11.3 Å². The van der Waals surface area contributed by atoms with Crippen LogP contribution < -0.4 is 10.5 Å². The second kappa shape index (κ2) is 9.16. The van der Waals surface area contributed by atoms with Gasteiger partial charge in [0, 0.05) is 16.9 Å². The van der Waals surface area contributed by atoms with Gasteiger partial charge >= 0.3 is 11.9 Å². The van der Waals surface area contributed by atoms with Crippen LogP contribution in [0.2, 0.25) is 0 Å². The van der Waals surface area contributed by atoms with Crippen molar-refractivity contribution >= 4 is 40.0 Å². The summed E-state index contributed by atoms with van der Waals surface area (Å²) in [6.45, 7) is 2.42. The molecule has 5 rings (SSSR count). The number of aromatic nitrogens is 3. The number of fused-ring (bicyclic) bond motifs is 1. The van der Waals surface area contributed by atoms with Crippen LogP contribution in [0.3, 0.4) is 0 Å². The molecule has 3 aromatic carbocycles. The Kier molecular flexibility index (Phi) is 5.87. The van der Waals surface area contributed by atoms with Crippen molar-refractivity contribution in [3.8, 4) is 33.3 Å². The fourth-order valence-electron chi connectivity index (χ4n) is 3.98. The second-order valence-electron chi connectivity index (χ2n) is 7.89. The van der Waals surface area contributed by atoms with Gasteiger partial charge in [0.15, 0.2) is 0 Å². The molecule has 10 heteroatoms. The van der Waals surface area contributed by atoms with E-state index in [1.54, 1.807) is 10.9 Å². The standard InChI is InChI=1S/C26H20N4O5S/c1-2-35-23-12-36-24(29-23)17-8-7-16(9-18(17)14-3-5-15(27)6-4-14)30-13-28-21-10-19(25(31)32)20(26(33)34)11-22(21)30/h3-13H,2,27H2,1H3,(H,31,32)(H,33,34). The molecule has 0 amide bonds. The van der Waals surface area contributed by atoms with Gasteiger partial charge in [-0.25, -0.2) is 19.6 Å². The smallest absolute Gasteiger partial charge is 0.336 e. The maximum absolute atomic E-state index is 11.7. The number of carbonyl (C=O) groups is 2. The monoisotopic (exact) mass is 500 g/mol. The zero-order valence-corrected chi connectivity index (χ0v) is 19.8. The van der Waals surface area contributed by atoms with Gasteiger partial charge in [-0.2, -0.15) is 0 Å². The molecule has 0 saturated heterocycles. The van der Waals surface area contributed by atoms with E-state index in [-0.39, 0.29) is 11.1 Å². The van der Waals surface area contributed by atoms with Crippen LogP contribution in [-0.4, -0.2) is 43.3 Å². The molecular formula is C26H20N4O5S. The van der Waals surface area contributed by atoms with E-state index in [1.807, 2.05) is 54.8 Å². The first-order valence-electron chi connectivity index (χ1n) is 10.9. The molecule has 0 saturated carbocycles. The van der Waals surface area contributed by atoms with Crippen molar-refractivity contribution in [3.05, 3.63) is 77.4 Å². The lowest BCUT2D eigenvalue weighted by Gasteiger charge is -2.13. The SMILES string of the molecule is CCOc1csc(-c2ccc(-n3cnc4cc(C(=O)O)c(C(=O)O)cc43)cc2-c2ccc(N)cc2)n1. The van der Waals surface area contributed by atoms with Crippen LogP contribution in [0.4, 0.5) is 5.69 Å². The molecule has 36 heavy (non-hydrogen) atoms. The second-order valence-corrected chi connectivity index (χ2v) is 8.75. The summed E-state index contributed by atoms with van der Waals surface area (Å²) in [5.41, 5.74) is 10.2. The minimum atomic E-state index is -1.33. The summed E-state index contributed by atoms with van der Waals surface area (Å²) >= 11 is 1.47. The van der Waals surface area contributed by atoms with Gasteiger partial charge in [-0.1, -0.05) is 12.1 Å². The molecule has 0 atom stereocenters. The van der Waals surface area contributed by atoms with Gasteiger partial charge < -0.3 is 20.7 Å². The number of aromatic carboxylic acids is 2. The number of imidazole rings is 1. The van der Waals surface area contributed by atoms with E-state index in [0.29, 0.717) is 34.9 Å². The molecule has 0 aliphatic rings. The number of nitrogens with two attached hydrogens (primary N) is 1. The molecule has 0 bridgehead atoms. The number of nitrogen functional groups attached to an aromatic ring is 1. The van der Waals surface area contributed by atoms with E-state index in [4.69, 9.17) is 10.5 Å². The molecule has 4 N–H and O–H groups in total. The molecule has 9 nitrogen and oxygen atoms in total. The molecule has 0 aliphatic carbocycles. The van der Waals surface area contributed by atoms with E-state index in [0.717, 1.165) is 21.7 Å². The highest BCUT2D eigenvalue weighted by molar-refractivity contribution is 7.13. The fraction of sp³-hybridized carbons (Fsp3) is 0.0769. The summed E-state index contributed by atoms with van der Waals surface area (Å²) in [6.07, 6.45) is 1.54. The number of anilines is 1. The van der Waals surface area contributed by atoms with Crippen molar-refractivity contribution < 1.29 is 24.5 Å². The zero-order chi connectivity index (χ0) is 25.4. The van der Waals surface area contributed by atoms with Crippen LogP contribution in [0.5, 0.6) is 5.88 Å². The number of carboxylic acids is 2. The Morgan fingerprint density at radius 3 is 2.42 bits per heavy atom. The van der Waals surface area contributed by atoms with Crippen molar-refractivity contribution in [1.29, 1.82) is 0 Å². The number of nitrogens with zero attached hydrogens (tertiary/aromatic N) is 3. The number of ether oxygens (including phenoxy) is 1. The van der Waals surface area contributed by atoms with Crippen LogP contribution in [0.1, 0.15) is 27.6 Å². The third kappa shape index (κ3) is 4.14. The van der Waals surface area contributed by atoms with Crippen molar-refractivity contribution in [1.82, 2.24) is 14.5 Å². The molecule has 5 aromatic rings. The van der Waals surface area contributed by atoms with Crippen LogP contribution in [0.25, 0.3) is 38.4 Å². The number of thiazole rings is 1. The Balaban J connectivity index is 1.69. The van der Waals surface area contributed by atoms with Crippen LogP contribution in [0, 0.1) is 0 Å². The molecule has 0 aliphatic heterocycles. The summed E-state index contributed by atoms with van der Waals surface area (Å²) in [5.74, 6) is -2.09. The lowest BCUT2D eigenvalue weighted by atomic mass is 9.98. The Morgan fingerprint density at radius 2 is 1.72 bits per heavy atom. The minimum absolute atomic E-state index is 0.307. The first kappa shape index (κ1) is 23.1. The first-order valence-corrected chi connectivity index (χ1v) is 11.8. The highest BCUT2D eigenvalue weighted by Gasteiger charge is 2.20. The number of carboxylic acid groups (broad SMARTS) is 2. The van der Waals surface area contributed by atoms with Crippen LogP contribution in [0.15, 0.2) is 66.3 Å². The topological polar surface area (TPSA) is 141 Å². The zero-order valence-electron chi connectivity index (χ0n) is 19.0. The van der Waals surface area contributed by atoms with E-state index < -0.39 is 11.9 Å². The van der Waals surface area contributed by atoms with E-state index in [9.17, 15) is 19.8 Å². The number of rotatable bonds is 7. The summed E-state index contributed by atoms with van der Waals surface area (Å²) in [7, 11) is 0. The Hall–Kier alpha value is -4.70. The average molecular weight is 501 g/mol. The summed E-state index contributed by atoms with van der Waals surface area (Å²) < 4.78 is 7.27. The summed E-state index contributed by atoms with van der Waals surface area (Å²) in [4.78, 5) is 32.2. The number of benzene rings is 3. The van der Waals surface area contributed by atoms with E-state index >= 15 is 0 Å². The highest BCUT2D eigenvalue weighted by atomic mass is 32.1. The van der Waals surface area contributed by atoms with Crippen molar-refractivity contribution in [2.75, 3.05) is 12.3 Å². The molecule has 0 spiro atoms. The van der Waals surface area contributed by atoms with Crippen molar-refractivity contribution in [2.45, 2.75) is 6.92 Å². The molecule has 0 fully saturated rings. The fourth-order valence-corrected chi connectivity index (χ4v) is 4.76. The average Bonchev–Trinajstić information content (AvgIpc) is 3.50. The third-order valence-electron chi connectivity index (χ3n) is 5.66. The number of hydrogen-bond acceptors (Lipinski definition) is 7. The van der Waals surface area contributed by atoms with Gasteiger partial charge in [-0.3, -0.25) is 4.57 Å². The van der Waals surface area contributed by atoms with Gasteiger partial charge in [0.25, 0.3) is 0 Å². The van der Waals surface area contributed by atoms with E-state index in [2.05, 4.69) is 9.97 Å². The lowest BCUT2D eigenvalue weighted by molar-refractivity contribution is 0.0652.